The monoisotopic (exact) mass is 195 g/mol. The van der Waals surface area contributed by atoms with Crippen LogP contribution in [0.1, 0.15) is 24.9 Å². The van der Waals surface area contributed by atoms with Crippen molar-refractivity contribution in [2.45, 2.75) is 26.7 Å². The van der Waals surface area contributed by atoms with Gasteiger partial charge in [0.25, 0.3) is 0 Å². The lowest BCUT2D eigenvalue weighted by atomic mass is 10.3. The van der Waals surface area contributed by atoms with Crippen molar-refractivity contribution in [2.75, 3.05) is 13.2 Å². The number of hydrogen-bond donors (Lipinski definition) is 1. The van der Waals surface area contributed by atoms with Gasteiger partial charge in [-0.05, 0) is 19.9 Å². The largest absolute Gasteiger partial charge is 0.478 e. The van der Waals surface area contributed by atoms with Crippen molar-refractivity contribution in [3.05, 3.63) is 17.6 Å². The van der Waals surface area contributed by atoms with Crippen LogP contribution >= 0.6 is 0 Å². The molecule has 0 aromatic carbocycles. The summed E-state index contributed by atoms with van der Waals surface area (Å²) >= 11 is 0. The predicted molar refractivity (Wildman–Crippen MR) is 55.3 cm³/mol. The van der Waals surface area contributed by atoms with Crippen LogP contribution in [-0.4, -0.2) is 23.1 Å². The van der Waals surface area contributed by atoms with E-state index in [1.807, 2.05) is 13.0 Å². The fourth-order valence-corrected chi connectivity index (χ4v) is 1.12. The minimum atomic E-state index is 0.566. The molecule has 0 saturated carbocycles. The maximum absolute atomic E-state index is 5.44. The first-order valence-corrected chi connectivity index (χ1v) is 4.93. The zero-order valence-corrected chi connectivity index (χ0v) is 8.79. The first-order valence-electron chi connectivity index (χ1n) is 4.93. The SMILES string of the molecule is CCCOc1cc(C)nc(CCN)n1. The summed E-state index contributed by atoms with van der Waals surface area (Å²) in [7, 11) is 0. The number of hydrogen-bond acceptors (Lipinski definition) is 4. The van der Waals surface area contributed by atoms with Crippen LogP contribution in [-0.2, 0) is 6.42 Å². The number of nitrogens with two attached hydrogens (primary N) is 1. The molecule has 0 amide bonds. The maximum atomic E-state index is 5.44. The van der Waals surface area contributed by atoms with Gasteiger partial charge in [-0.2, -0.15) is 4.98 Å². The second-order valence-electron chi connectivity index (χ2n) is 3.15. The first-order chi connectivity index (χ1) is 6.76. The van der Waals surface area contributed by atoms with E-state index < -0.39 is 0 Å². The molecule has 78 valence electrons. The Hall–Kier alpha value is -1.16. The van der Waals surface area contributed by atoms with Crippen molar-refractivity contribution >= 4 is 0 Å². The molecule has 1 heterocycles. The van der Waals surface area contributed by atoms with Crippen LogP contribution in [0.4, 0.5) is 0 Å². The van der Waals surface area contributed by atoms with Gasteiger partial charge in [0.15, 0.2) is 0 Å². The Morgan fingerprint density at radius 2 is 2.21 bits per heavy atom. The first kappa shape index (κ1) is 10.9. The van der Waals surface area contributed by atoms with E-state index in [0.717, 1.165) is 17.9 Å². The molecule has 14 heavy (non-hydrogen) atoms. The van der Waals surface area contributed by atoms with Gasteiger partial charge in [-0.15, -0.1) is 0 Å². The highest BCUT2D eigenvalue weighted by molar-refractivity contribution is 5.15. The molecule has 0 aliphatic carbocycles. The average molecular weight is 195 g/mol. The second kappa shape index (κ2) is 5.54. The Balaban J connectivity index is 2.73. The van der Waals surface area contributed by atoms with E-state index in [4.69, 9.17) is 10.5 Å². The molecule has 1 aromatic rings. The molecular formula is C10H17N3O. The van der Waals surface area contributed by atoms with Crippen molar-refractivity contribution in [2.24, 2.45) is 5.73 Å². The molecule has 0 fully saturated rings. The maximum Gasteiger partial charge on any atom is 0.216 e. The number of rotatable bonds is 5. The van der Waals surface area contributed by atoms with E-state index in [1.54, 1.807) is 0 Å². The molecule has 0 spiro atoms. The molecule has 2 N–H and O–H groups in total. The summed E-state index contributed by atoms with van der Waals surface area (Å²) in [5, 5.41) is 0. The zero-order chi connectivity index (χ0) is 10.4. The standard InChI is InChI=1S/C10H17N3O/c1-3-6-14-10-7-8(2)12-9(13-10)4-5-11/h7H,3-6,11H2,1-2H3. The van der Waals surface area contributed by atoms with E-state index in [2.05, 4.69) is 16.9 Å². The Kier molecular flexibility index (Phi) is 4.32. The average Bonchev–Trinajstić information content (AvgIpc) is 2.14. The molecule has 0 radical (unpaired) electrons. The van der Waals surface area contributed by atoms with E-state index in [0.29, 0.717) is 25.5 Å². The summed E-state index contributed by atoms with van der Waals surface area (Å²) in [5.41, 5.74) is 6.37. The van der Waals surface area contributed by atoms with Gasteiger partial charge in [0.1, 0.15) is 5.82 Å². The molecule has 1 aromatic heterocycles. The van der Waals surface area contributed by atoms with Gasteiger partial charge in [-0.3, -0.25) is 0 Å². The summed E-state index contributed by atoms with van der Waals surface area (Å²) in [4.78, 5) is 8.51. The smallest absolute Gasteiger partial charge is 0.216 e. The summed E-state index contributed by atoms with van der Waals surface area (Å²) < 4.78 is 5.43. The molecule has 0 saturated heterocycles. The lowest BCUT2D eigenvalue weighted by molar-refractivity contribution is 0.303. The fourth-order valence-electron chi connectivity index (χ4n) is 1.12. The topological polar surface area (TPSA) is 61.0 Å². The summed E-state index contributed by atoms with van der Waals surface area (Å²) in [6.07, 6.45) is 1.68. The van der Waals surface area contributed by atoms with E-state index in [-0.39, 0.29) is 0 Å². The van der Waals surface area contributed by atoms with Crippen molar-refractivity contribution < 1.29 is 4.74 Å². The third-order valence-corrected chi connectivity index (χ3v) is 1.70. The lowest BCUT2D eigenvalue weighted by Crippen LogP contribution is -2.08. The summed E-state index contributed by atoms with van der Waals surface area (Å²) in [6, 6.07) is 1.84. The molecule has 0 aliphatic heterocycles. The number of nitrogens with zero attached hydrogens (tertiary/aromatic N) is 2. The van der Waals surface area contributed by atoms with Crippen LogP contribution in [0.25, 0.3) is 0 Å². The minimum Gasteiger partial charge on any atom is -0.478 e. The fraction of sp³-hybridized carbons (Fsp3) is 0.600. The molecule has 0 atom stereocenters. The van der Waals surface area contributed by atoms with Crippen molar-refractivity contribution in [3.8, 4) is 5.88 Å². The Morgan fingerprint density at radius 3 is 2.86 bits per heavy atom. The van der Waals surface area contributed by atoms with Crippen LogP contribution in [0.5, 0.6) is 5.88 Å². The highest BCUT2D eigenvalue weighted by Crippen LogP contribution is 2.09. The third kappa shape index (κ3) is 3.30. The Labute approximate surface area is 84.5 Å². The van der Waals surface area contributed by atoms with Crippen molar-refractivity contribution in [3.63, 3.8) is 0 Å². The zero-order valence-electron chi connectivity index (χ0n) is 8.79. The van der Waals surface area contributed by atoms with Crippen LogP contribution in [0.15, 0.2) is 6.07 Å². The van der Waals surface area contributed by atoms with Crippen LogP contribution < -0.4 is 10.5 Å². The predicted octanol–water partition coefficient (Wildman–Crippen LogP) is 1.08. The number of ether oxygens (including phenoxy) is 1. The normalized spacial score (nSPS) is 10.2. The number of aryl methyl sites for hydroxylation is 1. The highest BCUT2D eigenvalue weighted by atomic mass is 16.5. The minimum absolute atomic E-state index is 0.566. The molecule has 4 heteroatoms. The number of aromatic nitrogens is 2. The quantitative estimate of drug-likeness (QED) is 0.763. The van der Waals surface area contributed by atoms with Crippen LogP contribution in [0.3, 0.4) is 0 Å². The second-order valence-corrected chi connectivity index (χ2v) is 3.15. The van der Waals surface area contributed by atoms with E-state index >= 15 is 0 Å². The van der Waals surface area contributed by atoms with Gasteiger partial charge >= 0.3 is 0 Å². The Bertz CT molecular complexity index is 289. The third-order valence-electron chi connectivity index (χ3n) is 1.70. The summed E-state index contributed by atoms with van der Waals surface area (Å²) in [6.45, 7) is 5.25. The Morgan fingerprint density at radius 1 is 1.43 bits per heavy atom. The van der Waals surface area contributed by atoms with Crippen molar-refractivity contribution in [1.82, 2.24) is 9.97 Å². The molecule has 0 bridgehead atoms. The highest BCUT2D eigenvalue weighted by Gasteiger charge is 2.01. The van der Waals surface area contributed by atoms with Crippen LogP contribution in [0.2, 0.25) is 0 Å². The van der Waals surface area contributed by atoms with E-state index in [1.165, 1.54) is 0 Å². The van der Waals surface area contributed by atoms with Gasteiger partial charge in [0.2, 0.25) is 5.88 Å². The molecule has 0 unspecified atom stereocenters. The van der Waals surface area contributed by atoms with Gasteiger partial charge in [0.05, 0.1) is 6.61 Å². The van der Waals surface area contributed by atoms with Gasteiger partial charge in [-0.25, -0.2) is 4.98 Å². The van der Waals surface area contributed by atoms with Gasteiger partial charge in [0, 0.05) is 18.2 Å². The molecule has 4 nitrogen and oxygen atoms in total. The lowest BCUT2D eigenvalue weighted by Gasteiger charge is -2.06. The van der Waals surface area contributed by atoms with E-state index in [9.17, 15) is 0 Å². The van der Waals surface area contributed by atoms with Gasteiger partial charge in [-0.1, -0.05) is 6.92 Å². The molecule has 0 aliphatic rings. The molecule has 1 rings (SSSR count). The van der Waals surface area contributed by atoms with Crippen LogP contribution in [0, 0.1) is 6.92 Å². The van der Waals surface area contributed by atoms with Gasteiger partial charge < -0.3 is 10.5 Å². The summed E-state index contributed by atoms with van der Waals surface area (Å²) in [5.74, 6) is 1.42. The van der Waals surface area contributed by atoms with Crippen molar-refractivity contribution in [1.29, 1.82) is 0 Å². The molecular weight excluding hydrogens is 178 g/mol.